The van der Waals surface area contributed by atoms with Gasteiger partial charge in [0.1, 0.15) is 11.8 Å². The van der Waals surface area contributed by atoms with Crippen molar-refractivity contribution in [2.45, 2.75) is 25.1 Å². The van der Waals surface area contributed by atoms with Crippen LogP contribution in [0.1, 0.15) is 17.2 Å². The lowest BCUT2D eigenvalue weighted by Crippen LogP contribution is -2.45. The molecule has 1 rings (SSSR count). The Bertz CT molecular complexity index is 421. The molecule has 0 unspecified atom stereocenters. The van der Waals surface area contributed by atoms with Crippen LogP contribution in [0.2, 0.25) is 0 Å². The number of aromatic hydroxyl groups is 1. The Morgan fingerprint density at radius 2 is 1.67 bits per heavy atom. The Kier molecular flexibility index (Phi) is 4.96. The predicted molar refractivity (Wildman–Crippen MR) is 58.0 cm³/mol. The van der Waals surface area contributed by atoms with Crippen LogP contribution in [0, 0.1) is 6.92 Å². The molecule has 3 N–H and O–H groups in total. The van der Waals surface area contributed by atoms with E-state index in [0.29, 0.717) is 5.56 Å². The molecule has 0 fully saturated rings. The van der Waals surface area contributed by atoms with E-state index < -0.39 is 29.5 Å². The summed E-state index contributed by atoms with van der Waals surface area (Å²) in [5, 5.41) is 9.25. The molecule has 0 radical (unpaired) electrons. The number of rotatable bonds is 2. The van der Waals surface area contributed by atoms with Gasteiger partial charge >= 0.3 is 12.1 Å². The van der Waals surface area contributed by atoms with E-state index in [1.165, 1.54) is 13.0 Å². The molecule has 0 aliphatic rings. The van der Waals surface area contributed by atoms with Crippen molar-refractivity contribution < 1.29 is 27.1 Å². The zero-order chi connectivity index (χ0) is 13.4. The van der Waals surface area contributed by atoms with Gasteiger partial charge in [-0.3, -0.25) is 0 Å². The zero-order valence-corrected chi connectivity index (χ0v) is 9.95. The number of alkyl halides is 5. The summed E-state index contributed by atoms with van der Waals surface area (Å²) in [5.74, 6) is -5.79. The van der Waals surface area contributed by atoms with Gasteiger partial charge in [-0.15, -0.1) is 12.4 Å². The minimum absolute atomic E-state index is 0. The summed E-state index contributed by atoms with van der Waals surface area (Å²) in [4.78, 5) is 0. The predicted octanol–water partition coefficient (Wildman–Crippen LogP) is 3.32. The fraction of sp³-hybridized carbons (Fsp3) is 0.400. The molecule has 0 aliphatic heterocycles. The first-order valence-electron chi connectivity index (χ1n) is 4.57. The Morgan fingerprint density at radius 1 is 1.17 bits per heavy atom. The molecule has 0 spiro atoms. The molecule has 1 aromatic rings. The summed E-state index contributed by atoms with van der Waals surface area (Å²) in [6.07, 6.45) is -5.76. The van der Waals surface area contributed by atoms with Crippen LogP contribution < -0.4 is 5.73 Å². The zero-order valence-electron chi connectivity index (χ0n) is 9.13. The molecule has 1 atom stereocenters. The summed E-state index contributed by atoms with van der Waals surface area (Å²) in [6, 6.07) is 0.760. The molecule has 0 heterocycles. The second-order valence-electron chi connectivity index (χ2n) is 3.66. The van der Waals surface area contributed by atoms with E-state index in [4.69, 9.17) is 5.73 Å². The largest absolute Gasteiger partial charge is 0.508 e. The summed E-state index contributed by atoms with van der Waals surface area (Å²) < 4.78 is 62.2. The van der Waals surface area contributed by atoms with E-state index in [1.807, 2.05) is 0 Å². The van der Waals surface area contributed by atoms with Gasteiger partial charge in [0.05, 0.1) is 0 Å². The van der Waals surface area contributed by atoms with Gasteiger partial charge in [-0.1, -0.05) is 17.7 Å². The first kappa shape index (κ1) is 16.9. The van der Waals surface area contributed by atoms with Crippen LogP contribution in [0.15, 0.2) is 18.2 Å². The van der Waals surface area contributed by atoms with Crippen molar-refractivity contribution >= 4 is 12.4 Å². The number of halogens is 6. The highest BCUT2D eigenvalue weighted by atomic mass is 35.5. The average molecular weight is 292 g/mol. The van der Waals surface area contributed by atoms with E-state index in [2.05, 4.69) is 0 Å². The molecular weight excluding hydrogens is 281 g/mol. The van der Waals surface area contributed by atoms with Crippen LogP contribution in [0.25, 0.3) is 0 Å². The first-order valence-corrected chi connectivity index (χ1v) is 4.57. The molecule has 0 bridgehead atoms. The standard InChI is InChI=1S/C10H10F5NO.ClH/c1-5-2-3-7(17)6(4-5)8(16)9(11,12)10(13,14)15;/h2-4,8,17H,16H2,1H3;1H/t8-;/m1./s1. The number of nitrogens with two attached hydrogens (primary N) is 1. The minimum atomic E-state index is -5.76. The van der Waals surface area contributed by atoms with Crippen molar-refractivity contribution in [3.63, 3.8) is 0 Å². The highest BCUT2D eigenvalue weighted by molar-refractivity contribution is 5.85. The second-order valence-corrected chi connectivity index (χ2v) is 3.66. The summed E-state index contributed by atoms with van der Waals surface area (Å²) in [5.41, 5.74) is 4.69. The minimum Gasteiger partial charge on any atom is -0.508 e. The molecule has 0 aliphatic carbocycles. The molecule has 0 amide bonds. The Hall–Kier alpha value is -1.08. The van der Waals surface area contributed by atoms with E-state index in [-0.39, 0.29) is 12.4 Å². The van der Waals surface area contributed by atoms with Crippen molar-refractivity contribution in [1.29, 1.82) is 0 Å². The van der Waals surface area contributed by atoms with Gasteiger partial charge in [0.15, 0.2) is 0 Å². The lowest BCUT2D eigenvalue weighted by Gasteiger charge is -2.26. The SMILES string of the molecule is Cc1ccc(O)c([C@@H](N)C(F)(F)C(F)(F)F)c1.Cl. The molecule has 0 saturated carbocycles. The second kappa shape index (κ2) is 5.27. The molecule has 1 aromatic carbocycles. The van der Waals surface area contributed by atoms with Crippen molar-refractivity contribution in [1.82, 2.24) is 0 Å². The maximum Gasteiger partial charge on any atom is 0.455 e. The molecule has 0 saturated heterocycles. The summed E-state index contributed by atoms with van der Waals surface area (Å²) in [7, 11) is 0. The fourth-order valence-electron chi connectivity index (χ4n) is 1.29. The number of phenols is 1. The number of hydrogen-bond acceptors (Lipinski definition) is 2. The smallest absolute Gasteiger partial charge is 0.455 e. The monoisotopic (exact) mass is 291 g/mol. The molecule has 8 heteroatoms. The van der Waals surface area contributed by atoms with Crippen LogP contribution in [0.3, 0.4) is 0 Å². The van der Waals surface area contributed by atoms with Gasteiger partial charge in [0.25, 0.3) is 0 Å². The van der Waals surface area contributed by atoms with Gasteiger partial charge in [-0.2, -0.15) is 22.0 Å². The average Bonchev–Trinajstić information content (AvgIpc) is 2.19. The normalized spacial score (nSPS) is 13.9. The van der Waals surface area contributed by atoms with Crippen LogP contribution in [-0.4, -0.2) is 17.2 Å². The van der Waals surface area contributed by atoms with Crippen LogP contribution in [0.4, 0.5) is 22.0 Å². The third kappa shape index (κ3) is 3.02. The maximum absolute atomic E-state index is 13.0. The molecular formula is C10H11ClF5NO. The lowest BCUT2D eigenvalue weighted by atomic mass is 9.98. The van der Waals surface area contributed by atoms with Gasteiger partial charge in [0.2, 0.25) is 0 Å². The van der Waals surface area contributed by atoms with Crippen molar-refractivity contribution in [3.8, 4) is 5.75 Å². The third-order valence-electron chi connectivity index (χ3n) is 2.29. The number of aryl methyl sites for hydroxylation is 1. The topological polar surface area (TPSA) is 46.2 Å². The van der Waals surface area contributed by atoms with Crippen LogP contribution in [-0.2, 0) is 0 Å². The quantitative estimate of drug-likeness (QED) is 0.821. The maximum atomic E-state index is 13.0. The Morgan fingerprint density at radius 3 is 2.11 bits per heavy atom. The highest BCUT2D eigenvalue weighted by Gasteiger charge is 2.62. The molecule has 2 nitrogen and oxygen atoms in total. The molecule has 104 valence electrons. The van der Waals surface area contributed by atoms with Gasteiger partial charge < -0.3 is 10.8 Å². The highest BCUT2D eigenvalue weighted by Crippen LogP contribution is 2.45. The van der Waals surface area contributed by atoms with E-state index in [1.54, 1.807) is 0 Å². The van der Waals surface area contributed by atoms with Crippen molar-refractivity contribution in [2.24, 2.45) is 5.73 Å². The Labute approximate surface area is 106 Å². The number of benzene rings is 1. The lowest BCUT2D eigenvalue weighted by molar-refractivity contribution is -0.291. The van der Waals surface area contributed by atoms with E-state index in [0.717, 1.165) is 12.1 Å². The summed E-state index contributed by atoms with van der Waals surface area (Å²) in [6.45, 7) is 1.49. The van der Waals surface area contributed by atoms with E-state index in [9.17, 15) is 27.1 Å². The molecule has 0 aromatic heterocycles. The van der Waals surface area contributed by atoms with E-state index >= 15 is 0 Å². The molecule has 18 heavy (non-hydrogen) atoms. The number of phenolic OH excluding ortho intramolecular Hbond substituents is 1. The Balaban J connectivity index is 0.00000289. The van der Waals surface area contributed by atoms with Gasteiger partial charge in [0, 0.05) is 5.56 Å². The third-order valence-corrected chi connectivity index (χ3v) is 2.29. The van der Waals surface area contributed by atoms with Gasteiger partial charge in [-0.25, -0.2) is 0 Å². The van der Waals surface area contributed by atoms with Crippen LogP contribution >= 0.6 is 12.4 Å². The number of hydrogen-bond donors (Lipinski definition) is 2. The van der Waals surface area contributed by atoms with Crippen molar-refractivity contribution in [2.75, 3.05) is 0 Å². The summed E-state index contributed by atoms with van der Waals surface area (Å²) >= 11 is 0. The fourth-order valence-corrected chi connectivity index (χ4v) is 1.29. The van der Waals surface area contributed by atoms with Crippen LogP contribution in [0.5, 0.6) is 5.75 Å². The first-order chi connectivity index (χ1) is 7.57. The van der Waals surface area contributed by atoms with Gasteiger partial charge in [-0.05, 0) is 13.0 Å². The van der Waals surface area contributed by atoms with Crippen molar-refractivity contribution in [3.05, 3.63) is 29.3 Å².